The number of aromatic amines is 1. The zero-order chi connectivity index (χ0) is 9.28. The molecule has 2 heteroatoms. The van der Waals surface area contributed by atoms with Crippen LogP contribution < -0.4 is 5.73 Å². The van der Waals surface area contributed by atoms with Crippen LogP contribution in [0.25, 0.3) is 32.6 Å². The smallest absolute Gasteiger partial charge is 0.0705 e. The van der Waals surface area contributed by atoms with Gasteiger partial charge >= 0.3 is 0 Å². The Labute approximate surface area is 80.0 Å². The molecule has 0 amide bonds. The van der Waals surface area contributed by atoms with Crippen LogP contribution in [0.2, 0.25) is 0 Å². The molecule has 4 rings (SSSR count). The summed E-state index contributed by atoms with van der Waals surface area (Å²) < 4.78 is 0. The second-order valence-electron chi connectivity index (χ2n) is 3.81. The van der Waals surface area contributed by atoms with Crippen molar-refractivity contribution in [3.8, 4) is 0 Å². The molecule has 1 heterocycles. The predicted molar refractivity (Wildman–Crippen MR) is 60.1 cm³/mol. The van der Waals surface area contributed by atoms with Crippen molar-refractivity contribution in [2.45, 2.75) is 0 Å². The molecule has 14 heavy (non-hydrogen) atoms. The Morgan fingerprint density at radius 2 is 1.93 bits per heavy atom. The van der Waals surface area contributed by atoms with Crippen molar-refractivity contribution in [3.63, 3.8) is 0 Å². The summed E-state index contributed by atoms with van der Waals surface area (Å²) in [4.78, 5) is 3.34. The lowest BCUT2D eigenvalue weighted by Gasteiger charge is -2.02. The molecule has 66 valence electrons. The van der Waals surface area contributed by atoms with Gasteiger partial charge < -0.3 is 10.7 Å². The van der Waals surface area contributed by atoms with E-state index in [1.807, 2.05) is 0 Å². The molecular formula is C12H8N2. The molecule has 4 aromatic rings. The highest BCUT2D eigenvalue weighted by Crippen LogP contribution is 2.42. The van der Waals surface area contributed by atoms with Gasteiger partial charge in [-0.3, -0.25) is 0 Å². The van der Waals surface area contributed by atoms with Gasteiger partial charge in [-0.05, 0) is 11.5 Å². The van der Waals surface area contributed by atoms with Crippen LogP contribution >= 0.6 is 0 Å². The number of fused-ring (bicyclic) bond motifs is 2. The lowest BCUT2D eigenvalue weighted by Crippen LogP contribution is -1.78. The maximum atomic E-state index is 6.05. The maximum Gasteiger partial charge on any atom is 0.0705 e. The third-order valence-corrected chi connectivity index (χ3v) is 3.11. The van der Waals surface area contributed by atoms with Gasteiger partial charge in [0.25, 0.3) is 0 Å². The van der Waals surface area contributed by atoms with E-state index in [-0.39, 0.29) is 0 Å². The molecule has 3 aromatic carbocycles. The molecule has 2 nitrogen and oxygen atoms in total. The Kier molecular flexibility index (Phi) is 0.822. The molecule has 0 unspecified atom stereocenters. The molecule has 0 spiro atoms. The van der Waals surface area contributed by atoms with Gasteiger partial charge in [-0.15, -0.1) is 0 Å². The Morgan fingerprint density at radius 1 is 1.00 bits per heavy atom. The fraction of sp³-hybridized carbons (Fsp3) is 0. The second kappa shape index (κ2) is 1.77. The molecule has 0 atom stereocenters. The van der Waals surface area contributed by atoms with E-state index >= 15 is 0 Å². The van der Waals surface area contributed by atoms with Crippen LogP contribution in [-0.4, -0.2) is 4.98 Å². The number of benzene rings is 2. The van der Waals surface area contributed by atoms with Gasteiger partial charge in [-0.25, -0.2) is 0 Å². The summed E-state index contributed by atoms with van der Waals surface area (Å²) >= 11 is 0. The largest absolute Gasteiger partial charge is 0.396 e. The van der Waals surface area contributed by atoms with Crippen molar-refractivity contribution in [3.05, 3.63) is 30.3 Å². The van der Waals surface area contributed by atoms with Crippen molar-refractivity contribution in [2.24, 2.45) is 0 Å². The summed E-state index contributed by atoms with van der Waals surface area (Å²) in [5, 5.41) is 5.05. The number of hydrogen-bond acceptors (Lipinski definition) is 1. The Balaban J connectivity index is 2.61. The van der Waals surface area contributed by atoms with Crippen LogP contribution in [0.3, 0.4) is 0 Å². The first-order valence-corrected chi connectivity index (χ1v) is 4.69. The molecule has 2 bridgehead atoms. The number of nitrogens with one attached hydrogen (secondary N) is 1. The highest BCUT2D eigenvalue weighted by Gasteiger charge is 2.17. The third kappa shape index (κ3) is 0.487. The summed E-state index contributed by atoms with van der Waals surface area (Å²) in [7, 11) is 0. The summed E-state index contributed by atoms with van der Waals surface area (Å²) in [5.74, 6) is 0. The van der Waals surface area contributed by atoms with Crippen LogP contribution in [0, 0.1) is 0 Å². The minimum absolute atomic E-state index is 0.909. The normalized spacial score (nSPS) is 12.6. The summed E-state index contributed by atoms with van der Waals surface area (Å²) in [6.45, 7) is 0. The van der Waals surface area contributed by atoms with Crippen molar-refractivity contribution in [2.75, 3.05) is 5.73 Å². The number of nitrogens with two attached hydrogens (primary N) is 1. The molecule has 3 N–H and O–H groups in total. The van der Waals surface area contributed by atoms with Crippen molar-refractivity contribution >= 4 is 38.3 Å². The number of nitrogen functional groups attached to an aromatic ring is 1. The Bertz CT molecular complexity index is 736. The number of aromatic nitrogens is 1. The fourth-order valence-electron chi connectivity index (χ4n) is 2.51. The highest BCUT2D eigenvalue weighted by molar-refractivity contribution is 6.32. The summed E-state index contributed by atoms with van der Waals surface area (Å²) in [6, 6.07) is 10.6. The zero-order valence-corrected chi connectivity index (χ0v) is 7.46. The number of H-pyrrole nitrogens is 1. The highest BCUT2D eigenvalue weighted by atomic mass is 14.8. The van der Waals surface area contributed by atoms with Gasteiger partial charge in [0.15, 0.2) is 0 Å². The number of anilines is 1. The van der Waals surface area contributed by atoms with Crippen molar-refractivity contribution in [1.82, 2.24) is 4.98 Å². The molecule has 0 aliphatic rings. The standard InChI is InChI=1S/C12H8N2/c13-11-10-8-5-4-6-2-1-3-7(9(6)10)12(11)14-8/h1-5,14H,13H2. The minimum Gasteiger partial charge on any atom is -0.396 e. The van der Waals surface area contributed by atoms with E-state index < -0.39 is 0 Å². The van der Waals surface area contributed by atoms with E-state index in [4.69, 9.17) is 5.73 Å². The number of hydrogen-bond donors (Lipinski definition) is 2. The van der Waals surface area contributed by atoms with Crippen LogP contribution in [0.4, 0.5) is 5.69 Å². The predicted octanol–water partition coefficient (Wildman–Crippen LogP) is 2.93. The van der Waals surface area contributed by atoms with E-state index in [0.29, 0.717) is 0 Å². The van der Waals surface area contributed by atoms with Gasteiger partial charge in [0.1, 0.15) is 0 Å². The summed E-state index contributed by atoms with van der Waals surface area (Å²) in [6.07, 6.45) is 0. The molecule has 0 radical (unpaired) electrons. The SMILES string of the molecule is Nc1c2[nH]c3ccc4cccc2c4c13. The van der Waals surface area contributed by atoms with Crippen LogP contribution in [0.5, 0.6) is 0 Å². The number of rotatable bonds is 0. The van der Waals surface area contributed by atoms with Crippen LogP contribution in [-0.2, 0) is 0 Å². The first kappa shape index (κ1) is 6.49. The third-order valence-electron chi connectivity index (χ3n) is 3.11. The first-order valence-electron chi connectivity index (χ1n) is 4.69. The molecule has 1 aromatic heterocycles. The maximum absolute atomic E-state index is 6.05. The second-order valence-corrected chi connectivity index (χ2v) is 3.81. The lowest BCUT2D eigenvalue weighted by atomic mass is 10.1. The van der Waals surface area contributed by atoms with Gasteiger partial charge in [-0.1, -0.05) is 24.3 Å². The quantitative estimate of drug-likeness (QED) is 0.429. The minimum atomic E-state index is 0.909. The fourth-order valence-corrected chi connectivity index (χ4v) is 2.51. The average molecular weight is 180 g/mol. The van der Waals surface area contributed by atoms with Crippen molar-refractivity contribution in [1.29, 1.82) is 0 Å². The van der Waals surface area contributed by atoms with E-state index in [9.17, 15) is 0 Å². The van der Waals surface area contributed by atoms with Gasteiger partial charge in [0, 0.05) is 21.7 Å². The van der Waals surface area contributed by atoms with Gasteiger partial charge in [0.05, 0.1) is 11.2 Å². The van der Waals surface area contributed by atoms with Crippen LogP contribution in [0.1, 0.15) is 0 Å². The monoisotopic (exact) mass is 180 g/mol. The molecule has 0 aliphatic carbocycles. The molecule has 0 aliphatic heterocycles. The average Bonchev–Trinajstić information content (AvgIpc) is 2.69. The number of pyridine rings is 1. The topological polar surface area (TPSA) is 41.8 Å². The van der Waals surface area contributed by atoms with E-state index in [1.54, 1.807) is 0 Å². The molecular weight excluding hydrogens is 172 g/mol. The van der Waals surface area contributed by atoms with E-state index in [2.05, 4.69) is 35.3 Å². The lowest BCUT2D eigenvalue weighted by molar-refractivity contribution is 1.56. The summed E-state index contributed by atoms with van der Waals surface area (Å²) in [5.41, 5.74) is 9.21. The van der Waals surface area contributed by atoms with E-state index in [1.165, 1.54) is 21.5 Å². The van der Waals surface area contributed by atoms with Crippen LogP contribution in [0.15, 0.2) is 30.3 Å². The van der Waals surface area contributed by atoms with Gasteiger partial charge in [-0.2, -0.15) is 0 Å². The Hall–Kier alpha value is -1.96. The van der Waals surface area contributed by atoms with Gasteiger partial charge in [0.2, 0.25) is 0 Å². The van der Waals surface area contributed by atoms with E-state index in [0.717, 1.165) is 16.7 Å². The Morgan fingerprint density at radius 3 is 2.86 bits per heavy atom. The molecule has 0 saturated carbocycles. The first-order chi connectivity index (χ1) is 6.86. The zero-order valence-electron chi connectivity index (χ0n) is 7.46. The molecule has 0 saturated heterocycles. The molecule has 0 fully saturated rings. The van der Waals surface area contributed by atoms with Crippen molar-refractivity contribution < 1.29 is 0 Å².